The SMILES string of the molecule is CC(CO)COc1cc(Br)ccc1[C@@H](C)O. The molecule has 2 atom stereocenters. The number of halogens is 1. The van der Waals surface area contributed by atoms with E-state index < -0.39 is 6.10 Å². The van der Waals surface area contributed by atoms with E-state index in [9.17, 15) is 5.11 Å². The van der Waals surface area contributed by atoms with Crippen molar-refractivity contribution in [2.45, 2.75) is 20.0 Å². The van der Waals surface area contributed by atoms with Gasteiger partial charge in [0.15, 0.2) is 0 Å². The van der Waals surface area contributed by atoms with Crippen molar-refractivity contribution in [3.05, 3.63) is 28.2 Å². The summed E-state index contributed by atoms with van der Waals surface area (Å²) >= 11 is 3.36. The summed E-state index contributed by atoms with van der Waals surface area (Å²) in [6, 6.07) is 5.52. The van der Waals surface area contributed by atoms with E-state index in [-0.39, 0.29) is 12.5 Å². The largest absolute Gasteiger partial charge is 0.493 e. The molecule has 0 bridgehead atoms. The molecule has 0 aliphatic heterocycles. The van der Waals surface area contributed by atoms with Gasteiger partial charge in [-0.2, -0.15) is 0 Å². The van der Waals surface area contributed by atoms with Crippen LogP contribution in [0.2, 0.25) is 0 Å². The second-order valence-electron chi connectivity index (χ2n) is 3.96. The number of ether oxygens (including phenoxy) is 1. The summed E-state index contributed by atoms with van der Waals surface area (Å²) < 4.78 is 6.49. The normalized spacial score (nSPS) is 14.6. The Kier molecular flexibility index (Phi) is 5.25. The van der Waals surface area contributed by atoms with Crippen LogP contribution in [-0.4, -0.2) is 23.4 Å². The van der Waals surface area contributed by atoms with Gasteiger partial charge in [0.2, 0.25) is 0 Å². The van der Waals surface area contributed by atoms with E-state index in [1.807, 2.05) is 25.1 Å². The quantitative estimate of drug-likeness (QED) is 0.875. The van der Waals surface area contributed by atoms with Crippen LogP contribution in [0.25, 0.3) is 0 Å². The van der Waals surface area contributed by atoms with Crippen LogP contribution in [0, 0.1) is 5.92 Å². The summed E-state index contributed by atoms with van der Waals surface area (Å²) in [5.74, 6) is 0.741. The van der Waals surface area contributed by atoms with Crippen LogP contribution in [0.5, 0.6) is 5.75 Å². The molecule has 0 amide bonds. The van der Waals surface area contributed by atoms with Gasteiger partial charge >= 0.3 is 0 Å². The van der Waals surface area contributed by atoms with Crippen LogP contribution in [-0.2, 0) is 0 Å². The highest BCUT2D eigenvalue weighted by Gasteiger charge is 2.10. The summed E-state index contributed by atoms with van der Waals surface area (Å²) in [6.07, 6.45) is -0.562. The predicted octanol–water partition coefficient (Wildman–Crippen LogP) is 2.51. The fourth-order valence-corrected chi connectivity index (χ4v) is 1.60. The Labute approximate surface area is 104 Å². The zero-order valence-electron chi connectivity index (χ0n) is 9.48. The maximum absolute atomic E-state index is 9.57. The molecule has 16 heavy (non-hydrogen) atoms. The zero-order chi connectivity index (χ0) is 12.1. The van der Waals surface area contributed by atoms with Crippen molar-refractivity contribution in [3.63, 3.8) is 0 Å². The Balaban J connectivity index is 2.80. The van der Waals surface area contributed by atoms with E-state index in [4.69, 9.17) is 9.84 Å². The van der Waals surface area contributed by atoms with Crippen LogP contribution in [0.3, 0.4) is 0 Å². The predicted molar refractivity (Wildman–Crippen MR) is 66.5 cm³/mol. The lowest BCUT2D eigenvalue weighted by Gasteiger charge is -2.16. The van der Waals surface area contributed by atoms with E-state index in [1.165, 1.54) is 0 Å². The average Bonchev–Trinajstić information content (AvgIpc) is 2.25. The summed E-state index contributed by atoms with van der Waals surface area (Å²) in [7, 11) is 0. The highest BCUT2D eigenvalue weighted by molar-refractivity contribution is 9.10. The standard InChI is InChI=1S/C12H17BrO3/c1-8(6-14)7-16-12-5-10(13)3-4-11(12)9(2)15/h3-5,8-9,14-15H,6-7H2,1-2H3/t8?,9-/m1/s1. The molecular weight excluding hydrogens is 272 g/mol. The lowest BCUT2D eigenvalue weighted by molar-refractivity contribution is 0.163. The van der Waals surface area contributed by atoms with E-state index in [0.29, 0.717) is 12.4 Å². The van der Waals surface area contributed by atoms with Gasteiger partial charge in [0.1, 0.15) is 5.75 Å². The summed E-state index contributed by atoms with van der Waals surface area (Å²) in [5.41, 5.74) is 0.758. The molecule has 3 nitrogen and oxygen atoms in total. The van der Waals surface area contributed by atoms with Crippen LogP contribution in [0.1, 0.15) is 25.5 Å². The fraction of sp³-hybridized carbons (Fsp3) is 0.500. The molecule has 0 spiro atoms. The molecule has 0 radical (unpaired) electrons. The van der Waals surface area contributed by atoms with Crippen LogP contribution >= 0.6 is 15.9 Å². The molecule has 0 heterocycles. The Hall–Kier alpha value is -0.580. The highest BCUT2D eigenvalue weighted by Crippen LogP contribution is 2.28. The molecule has 0 aromatic heterocycles. The van der Waals surface area contributed by atoms with E-state index in [1.54, 1.807) is 6.92 Å². The number of rotatable bonds is 5. The van der Waals surface area contributed by atoms with Crippen molar-refractivity contribution in [2.75, 3.05) is 13.2 Å². The van der Waals surface area contributed by atoms with Gasteiger partial charge in [-0.25, -0.2) is 0 Å². The number of hydrogen-bond donors (Lipinski definition) is 2. The van der Waals surface area contributed by atoms with Gasteiger partial charge in [0.25, 0.3) is 0 Å². The molecule has 0 saturated heterocycles. The molecule has 0 aliphatic carbocycles. The van der Waals surface area contributed by atoms with Gasteiger partial charge in [-0.1, -0.05) is 28.9 Å². The second kappa shape index (κ2) is 6.23. The van der Waals surface area contributed by atoms with Crippen molar-refractivity contribution in [1.82, 2.24) is 0 Å². The third kappa shape index (κ3) is 3.77. The van der Waals surface area contributed by atoms with E-state index in [2.05, 4.69) is 15.9 Å². The monoisotopic (exact) mass is 288 g/mol. The number of aliphatic hydroxyl groups excluding tert-OH is 2. The Bertz CT molecular complexity index is 339. The summed E-state index contributed by atoms with van der Waals surface area (Å²) in [5, 5.41) is 18.5. The molecule has 0 aliphatic rings. The average molecular weight is 289 g/mol. The minimum absolute atomic E-state index is 0.0841. The number of hydrogen-bond acceptors (Lipinski definition) is 3. The molecule has 90 valence electrons. The van der Waals surface area contributed by atoms with Crippen LogP contribution in [0.15, 0.2) is 22.7 Å². The number of benzene rings is 1. The van der Waals surface area contributed by atoms with E-state index in [0.717, 1.165) is 10.0 Å². The second-order valence-corrected chi connectivity index (χ2v) is 4.87. The van der Waals surface area contributed by atoms with Crippen molar-refractivity contribution in [2.24, 2.45) is 5.92 Å². The topological polar surface area (TPSA) is 49.7 Å². The Morgan fingerprint density at radius 3 is 2.62 bits per heavy atom. The van der Waals surface area contributed by atoms with Crippen LogP contribution < -0.4 is 4.74 Å². The first-order valence-corrected chi connectivity index (χ1v) is 6.05. The molecule has 2 N–H and O–H groups in total. The maximum atomic E-state index is 9.57. The van der Waals surface area contributed by atoms with Crippen molar-refractivity contribution < 1.29 is 14.9 Å². The summed E-state index contributed by atoms with van der Waals surface area (Å²) in [6.45, 7) is 4.14. The molecule has 1 aromatic carbocycles. The Morgan fingerprint density at radius 1 is 1.38 bits per heavy atom. The summed E-state index contributed by atoms with van der Waals surface area (Å²) in [4.78, 5) is 0. The molecule has 1 aromatic rings. The van der Waals surface area contributed by atoms with E-state index >= 15 is 0 Å². The zero-order valence-corrected chi connectivity index (χ0v) is 11.1. The highest BCUT2D eigenvalue weighted by atomic mass is 79.9. The van der Waals surface area contributed by atoms with Crippen molar-refractivity contribution in [3.8, 4) is 5.75 Å². The first-order valence-electron chi connectivity index (χ1n) is 5.25. The third-order valence-corrected chi connectivity index (χ3v) is 2.75. The minimum atomic E-state index is -0.562. The molecule has 1 unspecified atom stereocenters. The van der Waals surface area contributed by atoms with Gasteiger partial charge in [-0.3, -0.25) is 0 Å². The van der Waals surface area contributed by atoms with Crippen molar-refractivity contribution in [1.29, 1.82) is 0 Å². The van der Waals surface area contributed by atoms with Gasteiger partial charge in [-0.05, 0) is 19.1 Å². The molecular formula is C12H17BrO3. The molecule has 4 heteroatoms. The Morgan fingerprint density at radius 2 is 2.06 bits per heavy atom. The first kappa shape index (κ1) is 13.5. The van der Waals surface area contributed by atoms with Gasteiger partial charge in [0.05, 0.1) is 12.7 Å². The fourth-order valence-electron chi connectivity index (χ4n) is 1.26. The lowest BCUT2D eigenvalue weighted by atomic mass is 10.1. The van der Waals surface area contributed by atoms with Gasteiger partial charge < -0.3 is 14.9 Å². The smallest absolute Gasteiger partial charge is 0.126 e. The molecule has 0 fully saturated rings. The minimum Gasteiger partial charge on any atom is -0.493 e. The molecule has 1 rings (SSSR count). The third-order valence-electron chi connectivity index (χ3n) is 2.26. The van der Waals surface area contributed by atoms with Crippen LogP contribution in [0.4, 0.5) is 0 Å². The first-order chi connectivity index (χ1) is 7.54. The number of aliphatic hydroxyl groups is 2. The molecule has 0 saturated carbocycles. The van der Waals surface area contributed by atoms with Crippen molar-refractivity contribution >= 4 is 15.9 Å². The lowest BCUT2D eigenvalue weighted by Crippen LogP contribution is -2.13. The van der Waals surface area contributed by atoms with Gasteiger partial charge in [0, 0.05) is 22.6 Å². The van der Waals surface area contributed by atoms with Gasteiger partial charge in [-0.15, -0.1) is 0 Å². The maximum Gasteiger partial charge on any atom is 0.126 e.